The minimum Gasteiger partial charge on any atom is -0.490 e. The summed E-state index contributed by atoms with van der Waals surface area (Å²) in [6.07, 6.45) is 0.924. The molecule has 0 spiro atoms. The molecule has 20 heavy (non-hydrogen) atoms. The molecule has 1 heterocycles. The zero-order valence-corrected chi connectivity index (χ0v) is 12.7. The van der Waals surface area contributed by atoms with Crippen LogP contribution in [0.25, 0.3) is 0 Å². The van der Waals surface area contributed by atoms with Crippen LogP contribution >= 0.6 is 15.9 Å². The maximum Gasteiger partial charge on any atom is 0.166 e. The van der Waals surface area contributed by atoms with Gasteiger partial charge in [-0.05, 0) is 24.3 Å². The molecule has 2 aromatic carbocycles. The number of hydrogen-bond donors (Lipinski definition) is 1. The number of para-hydroxylation sites is 1. The molecule has 0 saturated heterocycles. The van der Waals surface area contributed by atoms with Gasteiger partial charge in [0.25, 0.3) is 0 Å². The van der Waals surface area contributed by atoms with Gasteiger partial charge >= 0.3 is 0 Å². The zero-order valence-electron chi connectivity index (χ0n) is 11.1. The molecule has 0 unspecified atom stereocenters. The van der Waals surface area contributed by atoms with Crippen LogP contribution in [0.2, 0.25) is 0 Å². The van der Waals surface area contributed by atoms with Crippen LogP contribution in [-0.2, 0) is 6.54 Å². The van der Waals surface area contributed by atoms with E-state index in [-0.39, 0.29) is 0 Å². The molecule has 1 aliphatic rings. The molecule has 0 atom stereocenters. The Hall–Kier alpha value is -1.68. The summed E-state index contributed by atoms with van der Waals surface area (Å²) in [7, 11) is 0. The van der Waals surface area contributed by atoms with Gasteiger partial charge in [0.15, 0.2) is 11.5 Å². The molecule has 0 aliphatic carbocycles. The third kappa shape index (κ3) is 3.07. The van der Waals surface area contributed by atoms with Gasteiger partial charge in [0, 0.05) is 28.7 Å². The lowest BCUT2D eigenvalue weighted by Gasteiger charge is -2.13. The third-order valence-electron chi connectivity index (χ3n) is 3.16. The summed E-state index contributed by atoms with van der Waals surface area (Å²) in [6, 6.07) is 14.2. The van der Waals surface area contributed by atoms with Crippen LogP contribution in [-0.4, -0.2) is 13.2 Å². The van der Waals surface area contributed by atoms with Crippen molar-refractivity contribution in [2.45, 2.75) is 13.0 Å². The van der Waals surface area contributed by atoms with Gasteiger partial charge in [-0.25, -0.2) is 0 Å². The molecular formula is C16H16BrNO2. The topological polar surface area (TPSA) is 30.5 Å². The summed E-state index contributed by atoms with van der Waals surface area (Å²) in [5, 5.41) is 3.41. The van der Waals surface area contributed by atoms with E-state index in [1.807, 2.05) is 30.3 Å². The molecule has 4 heteroatoms. The van der Waals surface area contributed by atoms with Crippen molar-refractivity contribution < 1.29 is 9.47 Å². The lowest BCUT2D eigenvalue weighted by atomic mass is 10.1. The maximum absolute atomic E-state index is 5.82. The molecule has 0 bridgehead atoms. The Kier molecular flexibility index (Phi) is 4.11. The van der Waals surface area contributed by atoms with Crippen LogP contribution < -0.4 is 14.8 Å². The second-order valence-electron chi connectivity index (χ2n) is 4.66. The lowest BCUT2D eigenvalue weighted by molar-refractivity contribution is 0.296. The summed E-state index contributed by atoms with van der Waals surface area (Å²) in [5.41, 5.74) is 2.19. The molecule has 2 aromatic rings. The quantitative estimate of drug-likeness (QED) is 0.912. The van der Waals surface area contributed by atoms with Gasteiger partial charge in [-0.1, -0.05) is 34.1 Å². The standard InChI is InChI=1S/C16H16BrNO2/c17-13-5-2-6-14(10-13)18-11-12-4-1-7-15-16(12)20-9-3-8-19-15/h1-2,4-7,10,18H,3,8-9,11H2. The number of fused-ring (bicyclic) bond motifs is 1. The van der Waals surface area contributed by atoms with Gasteiger partial charge < -0.3 is 14.8 Å². The molecule has 3 rings (SSSR count). The van der Waals surface area contributed by atoms with Crippen LogP contribution in [0.1, 0.15) is 12.0 Å². The van der Waals surface area contributed by atoms with Crippen molar-refractivity contribution in [3.8, 4) is 11.5 Å². The van der Waals surface area contributed by atoms with Crippen molar-refractivity contribution in [1.29, 1.82) is 0 Å². The highest BCUT2D eigenvalue weighted by molar-refractivity contribution is 9.10. The largest absolute Gasteiger partial charge is 0.490 e. The minimum absolute atomic E-state index is 0.709. The van der Waals surface area contributed by atoms with Crippen LogP contribution in [0.4, 0.5) is 5.69 Å². The molecule has 0 saturated carbocycles. The van der Waals surface area contributed by atoms with Gasteiger partial charge in [-0.15, -0.1) is 0 Å². The summed E-state index contributed by atoms with van der Waals surface area (Å²) in [6.45, 7) is 2.14. The van der Waals surface area contributed by atoms with Crippen molar-refractivity contribution >= 4 is 21.6 Å². The second-order valence-corrected chi connectivity index (χ2v) is 5.57. The van der Waals surface area contributed by atoms with Crippen molar-refractivity contribution in [3.63, 3.8) is 0 Å². The normalized spacial score (nSPS) is 13.7. The van der Waals surface area contributed by atoms with Crippen molar-refractivity contribution in [1.82, 2.24) is 0 Å². The van der Waals surface area contributed by atoms with E-state index in [9.17, 15) is 0 Å². The number of ether oxygens (including phenoxy) is 2. The molecule has 0 amide bonds. The summed E-state index contributed by atoms with van der Waals surface area (Å²) in [5.74, 6) is 1.71. The van der Waals surface area contributed by atoms with Gasteiger partial charge in [0.05, 0.1) is 13.2 Å². The monoisotopic (exact) mass is 333 g/mol. The van der Waals surface area contributed by atoms with Crippen molar-refractivity contribution in [2.24, 2.45) is 0 Å². The Labute approximate surface area is 127 Å². The van der Waals surface area contributed by atoms with Gasteiger partial charge in [0.1, 0.15) is 0 Å². The van der Waals surface area contributed by atoms with E-state index in [4.69, 9.17) is 9.47 Å². The third-order valence-corrected chi connectivity index (χ3v) is 3.65. The van der Waals surface area contributed by atoms with Gasteiger partial charge in [-0.3, -0.25) is 0 Å². The van der Waals surface area contributed by atoms with E-state index in [0.29, 0.717) is 13.2 Å². The number of anilines is 1. The van der Waals surface area contributed by atoms with Crippen LogP contribution in [0.15, 0.2) is 46.9 Å². The predicted octanol–water partition coefficient (Wildman–Crippen LogP) is 4.22. The first-order chi connectivity index (χ1) is 9.83. The number of benzene rings is 2. The van der Waals surface area contributed by atoms with Crippen LogP contribution in [0.3, 0.4) is 0 Å². The second kappa shape index (κ2) is 6.18. The van der Waals surface area contributed by atoms with Gasteiger partial charge in [-0.2, -0.15) is 0 Å². The van der Waals surface area contributed by atoms with E-state index in [0.717, 1.165) is 40.3 Å². The molecule has 0 fully saturated rings. The summed E-state index contributed by atoms with van der Waals surface area (Å²) in [4.78, 5) is 0. The SMILES string of the molecule is Brc1cccc(NCc2cccc3c2OCCCO3)c1. The Morgan fingerprint density at radius 2 is 1.90 bits per heavy atom. The van der Waals surface area contributed by atoms with E-state index in [1.165, 1.54) is 0 Å². The predicted molar refractivity (Wildman–Crippen MR) is 83.5 cm³/mol. The fourth-order valence-corrected chi connectivity index (χ4v) is 2.59. The molecule has 0 radical (unpaired) electrons. The minimum atomic E-state index is 0.709. The number of rotatable bonds is 3. The number of hydrogen-bond acceptors (Lipinski definition) is 3. The van der Waals surface area contributed by atoms with Crippen molar-refractivity contribution in [3.05, 3.63) is 52.5 Å². The average molecular weight is 334 g/mol. The number of halogens is 1. The molecule has 0 aromatic heterocycles. The highest BCUT2D eigenvalue weighted by atomic mass is 79.9. The zero-order chi connectivity index (χ0) is 13.8. The average Bonchev–Trinajstić information content (AvgIpc) is 2.71. The van der Waals surface area contributed by atoms with E-state index < -0.39 is 0 Å². The first-order valence-corrected chi connectivity index (χ1v) is 7.49. The fraction of sp³-hybridized carbons (Fsp3) is 0.250. The van der Waals surface area contributed by atoms with E-state index >= 15 is 0 Å². The molecule has 104 valence electrons. The molecule has 1 N–H and O–H groups in total. The molecule has 1 aliphatic heterocycles. The Balaban J connectivity index is 1.77. The molecule has 3 nitrogen and oxygen atoms in total. The van der Waals surface area contributed by atoms with Crippen molar-refractivity contribution in [2.75, 3.05) is 18.5 Å². The van der Waals surface area contributed by atoms with E-state index in [1.54, 1.807) is 0 Å². The number of nitrogens with one attached hydrogen (secondary N) is 1. The van der Waals surface area contributed by atoms with Crippen LogP contribution in [0, 0.1) is 0 Å². The van der Waals surface area contributed by atoms with Crippen LogP contribution in [0.5, 0.6) is 11.5 Å². The van der Waals surface area contributed by atoms with Gasteiger partial charge in [0.2, 0.25) is 0 Å². The fourth-order valence-electron chi connectivity index (χ4n) is 2.19. The Morgan fingerprint density at radius 1 is 1.05 bits per heavy atom. The highest BCUT2D eigenvalue weighted by Crippen LogP contribution is 2.33. The summed E-state index contributed by atoms with van der Waals surface area (Å²) < 4.78 is 12.6. The summed E-state index contributed by atoms with van der Waals surface area (Å²) >= 11 is 3.47. The lowest BCUT2D eigenvalue weighted by Crippen LogP contribution is -2.03. The highest BCUT2D eigenvalue weighted by Gasteiger charge is 2.14. The molecular weight excluding hydrogens is 318 g/mol. The first-order valence-electron chi connectivity index (χ1n) is 6.70. The van der Waals surface area contributed by atoms with E-state index in [2.05, 4.69) is 33.4 Å². The first kappa shape index (κ1) is 13.3. The smallest absolute Gasteiger partial charge is 0.166 e. The maximum atomic E-state index is 5.82. The Bertz CT molecular complexity index is 601. The Morgan fingerprint density at radius 3 is 2.80 bits per heavy atom.